The molecule has 0 saturated carbocycles. The summed E-state index contributed by atoms with van der Waals surface area (Å²) in [4.78, 5) is 29.0. The highest BCUT2D eigenvalue weighted by molar-refractivity contribution is 6.31. The van der Waals surface area contributed by atoms with Gasteiger partial charge in [0.05, 0.1) is 6.04 Å². The van der Waals surface area contributed by atoms with Gasteiger partial charge >= 0.3 is 0 Å². The van der Waals surface area contributed by atoms with E-state index in [1.54, 1.807) is 0 Å². The van der Waals surface area contributed by atoms with Crippen LogP contribution in [0, 0.1) is 0 Å². The fourth-order valence-electron chi connectivity index (χ4n) is 3.62. The number of nitrogens with zero attached hydrogens (tertiary/aromatic N) is 2. The molecular formula is C21H32ClN3O2. The molecule has 6 heteroatoms. The summed E-state index contributed by atoms with van der Waals surface area (Å²) in [6.07, 6.45) is 3.37. The highest BCUT2D eigenvalue weighted by atomic mass is 35.5. The van der Waals surface area contributed by atoms with Gasteiger partial charge in [-0.05, 0) is 30.9 Å². The van der Waals surface area contributed by atoms with Gasteiger partial charge in [-0.15, -0.1) is 0 Å². The Morgan fingerprint density at radius 2 is 1.89 bits per heavy atom. The maximum atomic E-state index is 12.8. The molecule has 1 heterocycles. The summed E-state index contributed by atoms with van der Waals surface area (Å²) in [5, 5.41) is 4.04. The van der Waals surface area contributed by atoms with Crippen molar-refractivity contribution in [2.45, 2.75) is 52.0 Å². The molecule has 1 unspecified atom stereocenters. The average Bonchev–Trinajstić information content (AvgIpc) is 2.68. The minimum absolute atomic E-state index is 0.0488. The summed E-state index contributed by atoms with van der Waals surface area (Å²) < 4.78 is 0. The second kappa shape index (κ2) is 11.3. The van der Waals surface area contributed by atoms with Crippen LogP contribution in [-0.2, 0) is 9.59 Å². The van der Waals surface area contributed by atoms with Crippen molar-refractivity contribution in [1.29, 1.82) is 0 Å². The monoisotopic (exact) mass is 393 g/mol. The lowest BCUT2D eigenvalue weighted by atomic mass is 10.0. The second-order valence-electron chi connectivity index (χ2n) is 7.06. The summed E-state index contributed by atoms with van der Waals surface area (Å²) in [6.45, 7) is 7.92. The summed E-state index contributed by atoms with van der Waals surface area (Å²) in [6, 6.07) is 7.65. The molecule has 5 nitrogen and oxygen atoms in total. The zero-order valence-corrected chi connectivity index (χ0v) is 17.3. The van der Waals surface area contributed by atoms with Crippen molar-refractivity contribution in [3.05, 3.63) is 34.9 Å². The Balaban J connectivity index is 1.91. The molecule has 1 aliphatic heterocycles. The Kier molecular flexibility index (Phi) is 9.08. The van der Waals surface area contributed by atoms with Crippen LogP contribution in [-0.4, -0.2) is 54.3 Å². The van der Waals surface area contributed by atoms with E-state index in [4.69, 9.17) is 11.6 Å². The van der Waals surface area contributed by atoms with Crippen LogP contribution in [0.1, 0.15) is 57.6 Å². The first kappa shape index (κ1) is 21.7. The number of carbonyl (C=O) groups is 2. The topological polar surface area (TPSA) is 52.7 Å². The molecule has 1 saturated heterocycles. The van der Waals surface area contributed by atoms with E-state index < -0.39 is 0 Å². The molecule has 1 N–H and O–H groups in total. The van der Waals surface area contributed by atoms with Gasteiger partial charge in [-0.2, -0.15) is 0 Å². The third-order valence-corrected chi connectivity index (χ3v) is 5.29. The molecule has 1 aliphatic rings. The first-order valence-corrected chi connectivity index (χ1v) is 10.5. The van der Waals surface area contributed by atoms with Crippen LogP contribution >= 0.6 is 11.6 Å². The van der Waals surface area contributed by atoms with Crippen LogP contribution in [0.4, 0.5) is 0 Å². The zero-order chi connectivity index (χ0) is 19.6. The minimum atomic E-state index is -0.0488. The molecule has 0 spiro atoms. The van der Waals surface area contributed by atoms with Crippen LogP contribution in [0.3, 0.4) is 0 Å². The predicted octanol–water partition coefficient (Wildman–Crippen LogP) is 3.63. The van der Waals surface area contributed by atoms with E-state index in [1.165, 1.54) is 0 Å². The molecule has 27 heavy (non-hydrogen) atoms. The molecule has 1 fully saturated rings. The minimum Gasteiger partial charge on any atom is -0.343 e. The lowest BCUT2D eigenvalue weighted by molar-refractivity contribution is -0.135. The summed E-state index contributed by atoms with van der Waals surface area (Å²) in [7, 11) is 0. The van der Waals surface area contributed by atoms with Gasteiger partial charge in [-0.1, -0.05) is 43.6 Å². The molecule has 0 bridgehead atoms. The van der Waals surface area contributed by atoms with E-state index in [1.807, 2.05) is 34.1 Å². The Hall–Kier alpha value is -1.59. The van der Waals surface area contributed by atoms with Gasteiger partial charge < -0.3 is 15.1 Å². The molecule has 2 rings (SSSR count). The SMILES string of the molecule is CCCN(CCC)C(=O)CCCC(=O)N1CCNCC1c1ccccc1Cl. The number of hydrogen-bond acceptors (Lipinski definition) is 3. The van der Waals surface area contributed by atoms with E-state index in [0.29, 0.717) is 37.4 Å². The number of benzene rings is 1. The van der Waals surface area contributed by atoms with Gasteiger partial charge in [-0.3, -0.25) is 9.59 Å². The van der Waals surface area contributed by atoms with E-state index in [9.17, 15) is 9.59 Å². The van der Waals surface area contributed by atoms with Crippen molar-refractivity contribution in [3.63, 3.8) is 0 Å². The fraction of sp³-hybridized carbons (Fsp3) is 0.619. The van der Waals surface area contributed by atoms with E-state index >= 15 is 0 Å². The van der Waals surface area contributed by atoms with Gasteiger partial charge in [0.2, 0.25) is 11.8 Å². The third kappa shape index (κ3) is 6.22. The molecule has 1 aromatic carbocycles. The van der Waals surface area contributed by atoms with E-state index in [-0.39, 0.29) is 17.9 Å². The number of carbonyl (C=O) groups excluding carboxylic acids is 2. The summed E-state index contributed by atoms with van der Waals surface area (Å²) in [5.41, 5.74) is 0.979. The molecule has 2 amide bonds. The highest BCUT2D eigenvalue weighted by Gasteiger charge is 2.28. The number of hydrogen-bond donors (Lipinski definition) is 1. The number of nitrogens with one attached hydrogen (secondary N) is 1. The predicted molar refractivity (Wildman–Crippen MR) is 110 cm³/mol. The second-order valence-corrected chi connectivity index (χ2v) is 7.47. The van der Waals surface area contributed by atoms with Gasteiger partial charge in [0.25, 0.3) is 0 Å². The van der Waals surface area contributed by atoms with Crippen molar-refractivity contribution in [3.8, 4) is 0 Å². The highest BCUT2D eigenvalue weighted by Crippen LogP contribution is 2.29. The molecule has 150 valence electrons. The van der Waals surface area contributed by atoms with Crippen molar-refractivity contribution in [2.75, 3.05) is 32.7 Å². The number of piperazine rings is 1. The normalized spacial score (nSPS) is 17.0. The summed E-state index contributed by atoms with van der Waals surface area (Å²) >= 11 is 6.35. The smallest absolute Gasteiger partial charge is 0.223 e. The Morgan fingerprint density at radius 1 is 1.19 bits per heavy atom. The van der Waals surface area contributed by atoms with Crippen molar-refractivity contribution >= 4 is 23.4 Å². The van der Waals surface area contributed by atoms with Crippen molar-refractivity contribution < 1.29 is 9.59 Å². The molecule has 0 aliphatic carbocycles. The van der Waals surface area contributed by atoms with Gasteiger partial charge in [0, 0.05) is 50.6 Å². The maximum absolute atomic E-state index is 12.8. The summed E-state index contributed by atoms with van der Waals surface area (Å²) in [5.74, 6) is 0.265. The van der Waals surface area contributed by atoms with E-state index in [0.717, 1.165) is 38.0 Å². The fourth-order valence-corrected chi connectivity index (χ4v) is 3.88. The van der Waals surface area contributed by atoms with Crippen LogP contribution < -0.4 is 5.32 Å². The molecule has 1 aromatic rings. The third-order valence-electron chi connectivity index (χ3n) is 4.95. The van der Waals surface area contributed by atoms with Crippen LogP contribution in [0.25, 0.3) is 0 Å². The van der Waals surface area contributed by atoms with Crippen LogP contribution in [0.15, 0.2) is 24.3 Å². The quantitative estimate of drug-likeness (QED) is 0.697. The Morgan fingerprint density at radius 3 is 2.56 bits per heavy atom. The Bertz CT molecular complexity index is 617. The lowest BCUT2D eigenvalue weighted by Crippen LogP contribution is -2.48. The van der Waals surface area contributed by atoms with Gasteiger partial charge in [0.1, 0.15) is 0 Å². The molecule has 1 atom stereocenters. The standard InChI is InChI=1S/C21H32ClN3O2/c1-3-13-24(14-4-2)20(26)10-7-11-21(27)25-15-12-23-16-19(25)17-8-5-6-9-18(17)22/h5-6,8-9,19,23H,3-4,7,10-16H2,1-2H3. The number of halogens is 1. The van der Waals surface area contributed by atoms with Crippen LogP contribution in [0.5, 0.6) is 0 Å². The first-order chi connectivity index (χ1) is 13.1. The number of amides is 2. The Labute approximate surface area is 168 Å². The van der Waals surface area contributed by atoms with E-state index in [2.05, 4.69) is 19.2 Å². The maximum Gasteiger partial charge on any atom is 0.223 e. The van der Waals surface area contributed by atoms with Gasteiger partial charge in [-0.25, -0.2) is 0 Å². The molecular weight excluding hydrogens is 362 g/mol. The van der Waals surface area contributed by atoms with Crippen molar-refractivity contribution in [1.82, 2.24) is 15.1 Å². The molecule has 0 aromatic heterocycles. The van der Waals surface area contributed by atoms with Crippen molar-refractivity contribution in [2.24, 2.45) is 0 Å². The lowest BCUT2D eigenvalue weighted by Gasteiger charge is -2.37. The largest absolute Gasteiger partial charge is 0.343 e. The zero-order valence-electron chi connectivity index (χ0n) is 16.5. The number of rotatable bonds is 9. The van der Waals surface area contributed by atoms with Crippen LogP contribution in [0.2, 0.25) is 5.02 Å². The first-order valence-electron chi connectivity index (χ1n) is 10.1. The molecule has 0 radical (unpaired) electrons. The van der Waals surface area contributed by atoms with Gasteiger partial charge in [0.15, 0.2) is 0 Å². The average molecular weight is 394 g/mol.